The zero-order chi connectivity index (χ0) is 24.5. The molecule has 9 heteroatoms. The van der Waals surface area contributed by atoms with Crippen LogP contribution in [0.1, 0.15) is 17.7 Å². The minimum absolute atomic E-state index is 0.0726. The zero-order valence-electron chi connectivity index (χ0n) is 19.9. The van der Waals surface area contributed by atoms with Crippen LogP contribution in [0, 0.1) is 0 Å². The van der Waals surface area contributed by atoms with Crippen LogP contribution in [-0.4, -0.2) is 66.6 Å². The molecule has 2 heterocycles. The molecule has 0 bridgehead atoms. The summed E-state index contributed by atoms with van der Waals surface area (Å²) >= 11 is 1.64. The fraction of sp³-hybridized carbons (Fsp3) is 0.346. The van der Waals surface area contributed by atoms with Crippen molar-refractivity contribution in [3.63, 3.8) is 0 Å². The van der Waals surface area contributed by atoms with Crippen molar-refractivity contribution in [1.29, 1.82) is 0 Å². The predicted molar refractivity (Wildman–Crippen MR) is 137 cm³/mol. The van der Waals surface area contributed by atoms with Crippen LogP contribution >= 0.6 is 11.3 Å². The molecule has 2 N–H and O–H groups in total. The quantitative estimate of drug-likeness (QED) is 0.477. The first-order valence-electron chi connectivity index (χ1n) is 11.8. The molecule has 184 valence electrons. The number of piperazine rings is 1. The summed E-state index contributed by atoms with van der Waals surface area (Å²) in [6, 6.07) is 17.4. The van der Waals surface area contributed by atoms with E-state index in [9.17, 15) is 9.59 Å². The Balaban J connectivity index is 1.14. The lowest BCUT2D eigenvalue weighted by Crippen LogP contribution is -2.49. The van der Waals surface area contributed by atoms with Gasteiger partial charge in [-0.3, -0.25) is 9.69 Å². The highest BCUT2D eigenvalue weighted by Crippen LogP contribution is 2.26. The van der Waals surface area contributed by atoms with Crippen molar-refractivity contribution in [2.24, 2.45) is 0 Å². The largest absolute Gasteiger partial charge is 0.497 e. The van der Waals surface area contributed by atoms with E-state index in [-0.39, 0.29) is 11.9 Å². The molecule has 2 aromatic carbocycles. The molecule has 0 atom stereocenters. The Labute approximate surface area is 209 Å². The van der Waals surface area contributed by atoms with Gasteiger partial charge >= 0.3 is 6.03 Å². The first-order valence-corrected chi connectivity index (χ1v) is 12.6. The molecule has 1 aliphatic heterocycles. The van der Waals surface area contributed by atoms with E-state index in [1.165, 1.54) is 0 Å². The molecular weight excluding hydrogens is 462 g/mol. The molecule has 8 nitrogen and oxygen atoms in total. The van der Waals surface area contributed by atoms with Crippen molar-refractivity contribution in [3.8, 4) is 16.3 Å². The van der Waals surface area contributed by atoms with Gasteiger partial charge in [0.05, 0.1) is 12.8 Å². The number of amides is 3. The molecular formula is C26H31N5O3S. The van der Waals surface area contributed by atoms with Crippen molar-refractivity contribution in [1.82, 2.24) is 25.4 Å². The third-order valence-corrected chi connectivity index (χ3v) is 6.86. The average molecular weight is 494 g/mol. The van der Waals surface area contributed by atoms with E-state index >= 15 is 0 Å². The molecule has 0 saturated carbocycles. The lowest BCUT2D eigenvalue weighted by Gasteiger charge is -2.34. The fourth-order valence-corrected chi connectivity index (χ4v) is 4.73. The maximum Gasteiger partial charge on any atom is 0.315 e. The molecule has 0 spiro atoms. The smallest absolute Gasteiger partial charge is 0.315 e. The fourth-order valence-electron chi connectivity index (χ4n) is 3.91. The molecule has 1 aromatic heterocycles. The van der Waals surface area contributed by atoms with E-state index < -0.39 is 0 Å². The number of thiazole rings is 1. The Bertz CT molecular complexity index is 1100. The van der Waals surface area contributed by atoms with Crippen molar-refractivity contribution in [2.75, 3.05) is 39.8 Å². The van der Waals surface area contributed by atoms with Gasteiger partial charge in [-0.15, -0.1) is 11.3 Å². The number of carbonyl (C=O) groups is 2. The molecule has 0 radical (unpaired) electrons. The molecule has 0 unspecified atom stereocenters. The number of hydrogen-bond acceptors (Lipinski definition) is 6. The SMILES string of the molecule is COc1ccc(-c2nc(CN3CCN(C(=O)CCNC(=O)NCc4ccccc4)CC3)cs2)cc1. The van der Waals surface area contributed by atoms with Crippen molar-refractivity contribution < 1.29 is 14.3 Å². The van der Waals surface area contributed by atoms with E-state index in [4.69, 9.17) is 9.72 Å². The number of hydrogen-bond donors (Lipinski definition) is 2. The van der Waals surface area contributed by atoms with Crippen molar-refractivity contribution in [3.05, 3.63) is 71.2 Å². The summed E-state index contributed by atoms with van der Waals surface area (Å²) in [5.41, 5.74) is 3.16. The Morgan fingerprint density at radius 1 is 1.00 bits per heavy atom. The maximum atomic E-state index is 12.5. The number of nitrogens with one attached hydrogen (secondary N) is 2. The van der Waals surface area contributed by atoms with Gasteiger partial charge in [0, 0.05) is 63.2 Å². The molecule has 0 aliphatic carbocycles. The second-order valence-corrected chi connectivity index (χ2v) is 9.23. The third kappa shape index (κ3) is 7.27. The Morgan fingerprint density at radius 3 is 2.46 bits per heavy atom. The zero-order valence-corrected chi connectivity index (χ0v) is 20.7. The molecule has 4 rings (SSSR count). The lowest BCUT2D eigenvalue weighted by molar-refractivity contribution is -0.132. The minimum atomic E-state index is -0.260. The molecule has 3 amide bonds. The van der Waals surface area contributed by atoms with E-state index in [1.807, 2.05) is 59.5 Å². The van der Waals surface area contributed by atoms with Crippen LogP contribution in [0.25, 0.3) is 10.6 Å². The Hall–Kier alpha value is -3.43. The maximum absolute atomic E-state index is 12.5. The summed E-state index contributed by atoms with van der Waals surface area (Å²) in [6.45, 7) is 4.56. The van der Waals surface area contributed by atoms with Crippen LogP contribution in [0.5, 0.6) is 5.75 Å². The summed E-state index contributed by atoms with van der Waals surface area (Å²) in [6.07, 6.45) is 0.302. The van der Waals surface area contributed by atoms with Gasteiger partial charge in [-0.05, 0) is 29.8 Å². The summed E-state index contributed by atoms with van der Waals surface area (Å²) < 4.78 is 5.22. The average Bonchev–Trinajstić information content (AvgIpc) is 3.37. The van der Waals surface area contributed by atoms with Gasteiger partial charge in [-0.1, -0.05) is 30.3 Å². The van der Waals surface area contributed by atoms with Gasteiger partial charge in [0.15, 0.2) is 0 Å². The number of nitrogens with zero attached hydrogens (tertiary/aromatic N) is 3. The second kappa shape index (κ2) is 12.3. The standard InChI is InChI=1S/C26H31N5O3S/c1-34-23-9-7-21(8-10-23)25-29-22(19-35-25)18-30-13-15-31(16-14-30)24(32)11-12-27-26(33)28-17-20-5-3-2-4-6-20/h2-10,19H,11-18H2,1H3,(H2,27,28,33). The molecule has 1 aliphatic rings. The Kier molecular flexibility index (Phi) is 8.69. The van der Waals surface area contributed by atoms with Gasteiger partial charge in [0.2, 0.25) is 5.91 Å². The van der Waals surface area contributed by atoms with Gasteiger partial charge in [-0.2, -0.15) is 0 Å². The van der Waals surface area contributed by atoms with Crippen molar-refractivity contribution in [2.45, 2.75) is 19.5 Å². The summed E-state index contributed by atoms with van der Waals surface area (Å²) in [4.78, 5) is 33.5. The van der Waals surface area contributed by atoms with E-state index in [0.717, 1.165) is 47.2 Å². The number of methoxy groups -OCH3 is 1. The topological polar surface area (TPSA) is 86.8 Å². The summed E-state index contributed by atoms with van der Waals surface area (Å²) in [7, 11) is 1.66. The van der Waals surface area contributed by atoms with Gasteiger partial charge in [0.25, 0.3) is 0 Å². The molecule has 3 aromatic rings. The molecule has 1 saturated heterocycles. The number of carbonyl (C=O) groups excluding carboxylic acids is 2. The van der Waals surface area contributed by atoms with Gasteiger partial charge in [-0.25, -0.2) is 9.78 Å². The van der Waals surface area contributed by atoms with Gasteiger partial charge < -0.3 is 20.3 Å². The predicted octanol–water partition coefficient (Wildman–Crippen LogP) is 3.35. The van der Waals surface area contributed by atoms with E-state index in [2.05, 4.69) is 20.9 Å². The monoisotopic (exact) mass is 493 g/mol. The van der Waals surface area contributed by atoms with Crippen LogP contribution in [0.4, 0.5) is 4.79 Å². The third-order valence-electron chi connectivity index (χ3n) is 5.92. The first kappa shape index (κ1) is 24.7. The van der Waals surface area contributed by atoms with Gasteiger partial charge in [0.1, 0.15) is 10.8 Å². The van der Waals surface area contributed by atoms with Crippen LogP contribution in [-0.2, 0) is 17.9 Å². The first-order chi connectivity index (χ1) is 17.1. The number of aromatic nitrogens is 1. The highest BCUT2D eigenvalue weighted by Gasteiger charge is 2.21. The second-order valence-electron chi connectivity index (χ2n) is 8.37. The molecule has 1 fully saturated rings. The highest BCUT2D eigenvalue weighted by atomic mass is 32.1. The number of ether oxygens (including phenoxy) is 1. The minimum Gasteiger partial charge on any atom is -0.497 e. The van der Waals surface area contributed by atoms with Crippen LogP contribution in [0.3, 0.4) is 0 Å². The van der Waals surface area contributed by atoms with E-state index in [1.54, 1.807) is 18.4 Å². The summed E-state index contributed by atoms with van der Waals surface area (Å²) in [5.74, 6) is 0.906. The van der Waals surface area contributed by atoms with E-state index in [0.29, 0.717) is 32.6 Å². The van der Waals surface area contributed by atoms with Crippen LogP contribution in [0.2, 0.25) is 0 Å². The van der Waals surface area contributed by atoms with Crippen LogP contribution < -0.4 is 15.4 Å². The number of urea groups is 1. The molecule has 35 heavy (non-hydrogen) atoms. The number of rotatable bonds is 9. The number of benzene rings is 2. The lowest BCUT2D eigenvalue weighted by atomic mass is 10.2. The normalized spacial score (nSPS) is 13.9. The Morgan fingerprint density at radius 2 is 1.74 bits per heavy atom. The van der Waals surface area contributed by atoms with Crippen LogP contribution in [0.15, 0.2) is 60.0 Å². The highest BCUT2D eigenvalue weighted by molar-refractivity contribution is 7.13. The summed E-state index contributed by atoms with van der Waals surface area (Å²) in [5, 5.41) is 8.67. The van der Waals surface area contributed by atoms with Crippen molar-refractivity contribution >= 4 is 23.3 Å².